The molecule has 8 nitrogen and oxygen atoms in total. The third-order valence-corrected chi connectivity index (χ3v) is 9.54. The van der Waals surface area contributed by atoms with Gasteiger partial charge in [-0.05, 0) is 152 Å². The number of nitrogens with one attached hydrogen (secondary N) is 2. The van der Waals surface area contributed by atoms with Gasteiger partial charge in [0.15, 0.2) is 0 Å². The molecular weight excluding hydrogens is 572 g/mol. The van der Waals surface area contributed by atoms with Crippen molar-refractivity contribution < 1.29 is 9.47 Å². The van der Waals surface area contributed by atoms with E-state index in [1.165, 1.54) is 22.3 Å². The second-order valence-corrected chi connectivity index (χ2v) is 12.5. The Balaban J connectivity index is 1.95. The quantitative estimate of drug-likeness (QED) is 0.160. The highest BCUT2D eigenvalue weighted by Crippen LogP contribution is 2.39. The minimum atomic E-state index is -0.0921. The topological polar surface area (TPSA) is 128 Å². The Morgan fingerprint density at radius 3 is 1.46 bits per heavy atom. The van der Waals surface area contributed by atoms with E-state index in [1.54, 1.807) is 0 Å². The molecule has 8 heteroatoms. The van der Waals surface area contributed by atoms with Gasteiger partial charge in [0.2, 0.25) is 0 Å². The van der Waals surface area contributed by atoms with Crippen LogP contribution in [0.2, 0.25) is 0 Å². The summed E-state index contributed by atoms with van der Waals surface area (Å²) in [7, 11) is 0. The fourth-order valence-corrected chi connectivity index (χ4v) is 7.05. The molecule has 5 rings (SSSR count). The van der Waals surface area contributed by atoms with Gasteiger partial charge in [-0.25, -0.2) is 9.97 Å². The van der Waals surface area contributed by atoms with Crippen molar-refractivity contribution in [3.8, 4) is 0 Å². The largest absolute Gasteiger partial charge is 0.374 e. The number of aromatic amines is 2. The molecule has 2 atom stereocenters. The number of rotatable bonds is 12. The summed E-state index contributed by atoms with van der Waals surface area (Å²) in [6, 6.07) is 8.77. The summed E-state index contributed by atoms with van der Waals surface area (Å²) >= 11 is 0. The van der Waals surface area contributed by atoms with Crippen LogP contribution in [0.25, 0.3) is 44.4 Å². The summed E-state index contributed by atoms with van der Waals surface area (Å²) in [6.45, 7) is 19.5. The lowest BCUT2D eigenvalue weighted by Crippen LogP contribution is -2.00. The molecular formula is C38H52N6O2. The van der Waals surface area contributed by atoms with Gasteiger partial charge in [-0.3, -0.25) is 0 Å². The highest BCUT2D eigenvalue weighted by atomic mass is 16.5. The monoisotopic (exact) mass is 624 g/mol. The first-order valence-corrected chi connectivity index (χ1v) is 16.9. The molecule has 46 heavy (non-hydrogen) atoms. The number of hydrogen-bond donors (Lipinski definition) is 4. The highest BCUT2D eigenvalue weighted by Gasteiger charge is 2.23. The van der Waals surface area contributed by atoms with Crippen LogP contribution in [0.15, 0.2) is 24.3 Å². The van der Waals surface area contributed by atoms with E-state index in [-0.39, 0.29) is 12.2 Å². The smallest absolute Gasteiger partial charge is 0.0820 e. The zero-order valence-corrected chi connectivity index (χ0v) is 29.0. The molecule has 0 spiro atoms. The Morgan fingerprint density at radius 1 is 0.609 bits per heavy atom. The fraction of sp³-hybridized carbons (Fsp3) is 0.474. The Kier molecular flexibility index (Phi) is 10.6. The van der Waals surface area contributed by atoms with Crippen LogP contribution in [-0.2, 0) is 9.47 Å². The summed E-state index contributed by atoms with van der Waals surface area (Å²) in [5.41, 5.74) is 29.3. The molecule has 0 fully saturated rings. The molecule has 0 aromatic carbocycles. The first-order chi connectivity index (χ1) is 22.1. The number of aryl methyl sites for hydroxylation is 2. The molecule has 3 aromatic heterocycles. The summed E-state index contributed by atoms with van der Waals surface area (Å²) < 4.78 is 12.3. The molecule has 0 amide bonds. The predicted octanol–water partition coefficient (Wildman–Crippen LogP) is 8.47. The highest BCUT2D eigenvalue weighted by molar-refractivity contribution is 5.95. The minimum Gasteiger partial charge on any atom is -0.374 e. The van der Waals surface area contributed by atoms with Crippen LogP contribution in [-0.4, -0.2) is 46.2 Å². The maximum Gasteiger partial charge on any atom is 0.0820 e. The zero-order chi connectivity index (χ0) is 33.1. The molecule has 0 aliphatic carbocycles. The zero-order valence-electron chi connectivity index (χ0n) is 29.0. The van der Waals surface area contributed by atoms with Crippen molar-refractivity contribution >= 4 is 44.4 Å². The first-order valence-electron chi connectivity index (χ1n) is 16.9. The second kappa shape index (κ2) is 14.5. The molecule has 0 radical (unpaired) electrons. The summed E-state index contributed by atoms with van der Waals surface area (Å²) in [6.07, 6.45) is 3.34. The van der Waals surface area contributed by atoms with Gasteiger partial charge in [0.1, 0.15) is 0 Å². The number of fused-ring (bicyclic) bond motifs is 8. The van der Waals surface area contributed by atoms with Crippen LogP contribution in [0.5, 0.6) is 0 Å². The molecule has 0 saturated carbocycles. The fourth-order valence-electron chi connectivity index (χ4n) is 7.05. The average molecular weight is 625 g/mol. The second-order valence-electron chi connectivity index (χ2n) is 12.5. The minimum absolute atomic E-state index is 0.0844. The van der Waals surface area contributed by atoms with E-state index in [2.05, 4.69) is 75.8 Å². The standard InChI is InChI=1S/C38H52N6O2/c1-9-45-25(7)37-23(5)31-17-29-21(3)27(13-11-15-39)33(41-29)20-34-28(14-12-16-40)22(4)30(42-34)18-35-38(26(8)46-10-2)24(6)32(44-35)19-36(37)43-31/h17-20,25-26,43-44H,9-16,39-40H2,1-8H3. The SMILES string of the molecule is CCOC(C)c1c(C)c2cc3[nH]c(cc4nc(cc5nc(cc1[nH]2)C(C)=C5CCCN)C(CCCN)=C4C)c(C)c3C(C)OCC. The Bertz CT molecular complexity index is 1830. The van der Waals surface area contributed by atoms with E-state index in [1.807, 2.05) is 13.8 Å². The van der Waals surface area contributed by atoms with Crippen LogP contribution in [0, 0.1) is 13.8 Å². The van der Waals surface area contributed by atoms with Crippen LogP contribution in [0.1, 0.15) is 124 Å². The van der Waals surface area contributed by atoms with Crippen LogP contribution >= 0.6 is 0 Å². The average Bonchev–Trinajstić information content (AvgIpc) is 3.68. The van der Waals surface area contributed by atoms with Crippen molar-refractivity contribution in [1.29, 1.82) is 0 Å². The van der Waals surface area contributed by atoms with E-state index in [9.17, 15) is 0 Å². The van der Waals surface area contributed by atoms with Gasteiger partial charge < -0.3 is 30.9 Å². The van der Waals surface area contributed by atoms with E-state index in [0.29, 0.717) is 26.3 Å². The van der Waals surface area contributed by atoms with Gasteiger partial charge in [-0.2, -0.15) is 0 Å². The molecule has 8 bridgehead atoms. The van der Waals surface area contributed by atoms with Crippen molar-refractivity contribution in [2.24, 2.45) is 11.5 Å². The Morgan fingerprint density at radius 2 is 1.02 bits per heavy atom. The number of nitrogens with two attached hydrogens (primary N) is 2. The third kappa shape index (κ3) is 6.49. The van der Waals surface area contributed by atoms with Gasteiger partial charge in [0.05, 0.1) is 35.0 Å². The van der Waals surface area contributed by atoms with Crippen molar-refractivity contribution in [2.75, 3.05) is 26.3 Å². The number of ether oxygens (including phenoxy) is 2. The summed E-state index contributed by atoms with van der Waals surface area (Å²) in [4.78, 5) is 18.0. The predicted molar refractivity (Wildman–Crippen MR) is 192 cm³/mol. The number of hydrogen-bond acceptors (Lipinski definition) is 6. The van der Waals surface area contributed by atoms with E-state index in [0.717, 1.165) is 92.8 Å². The third-order valence-electron chi connectivity index (χ3n) is 9.54. The molecule has 0 saturated heterocycles. The van der Waals surface area contributed by atoms with Crippen LogP contribution in [0.4, 0.5) is 0 Å². The molecule has 6 N–H and O–H groups in total. The summed E-state index contributed by atoms with van der Waals surface area (Å²) in [5.74, 6) is 0. The molecule has 5 heterocycles. The number of nitrogens with zero attached hydrogens (tertiary/aromatic N) is 2. The number of allylic oxidation sites excluding steroid dienone is 4. The Hall–Kier alpha value is -3.56. The number of aromatic nitrogens is 4. The lowest BCUT2D eigenvalue weighted by molar-refractivity contribution is 0.0769. The lowest BCUT2D eigenvalue weighted by atomic mass is 9.98. The van der Waals surface area contributed by atoms with Crippen molar-refractivity contribution in [1.82, 2.24) is 19.9 Å². The van der Waals surface area contributed by atoms with Gasteiger partial charge in [-0.15, -0.1) is 0 Å². The van der Waals surface area contributed by atoms with Crippen molar-refractivity contribution in [3.05, 3.63) is 69.3 Å². The van der Waals surface area contributed by atoms with Gasteiger partial charge in [0.25, 0.3) is 0 Å². The van der Waals surface area contributed by atoms with Gasteiger partial charge in [-0.1, -0.05) is 0 Å². The molecule has 2 aliphatic rings. The lowest BCUT2D eigenvalue weighted by Gasteiger charge is -2.12. The van der Waals surface area contributed by atoms with Crippen LogP contribution in [0.3, 0.4) is 0 Å². The van der Waals surface area contributed by atoms with Gasteiger partial charge in [0, 0.05) is 46.4 Å². The molecule has 2 aliphatic heterocycles. The van der Waals surface area contributed by atoms with Gasteiger partial charge >= 0.3 is 0 Å². The van der Waals surface area contributed by atoms with E-state index >= 15 is 0 Å². The normalized spacial score (nSPS) is 14.8. The maximum atomic E-state index is 6.17. The van der Waals surface area contributed by atoms with Crippen molar-refractivity contribution in [3.63, 3.8) is 0 Å². The first kappa shape index (κ1) is 33.8. The molecule has 246 valence electrons. The molecule has 2 unspecified atom stereocenters. The van der Waals surface area contributed by atoms with Crippen molar-refractivity contribution in [2.45, 2.75) is 93.3 Å². The number of H-pyrrole nitrogens is 2. The molecule has 3 aromatic rings. The Labute approximate surface area is 273 Å². The van der Waals surface area contributed by atoms with Crippen LogP contribution < -0.4 is 11.5 Å². The maximum absolute atomic E-state index is 6.17. The van der Waals surface area contributed by atoms with E-state index < -0.39 is 0 Å². The summed E-state index contributed by atoms with van der Waals surface area (Å²) in [5, 5.41) is 0. The van der Waals surface area contributed by atoms with E-state index in [4.69, 9.17) is 30.9 Å².